The fourth-order valence-electron chi connectivity index (χ4n) is 3.39. The maximum absolute atomic E-state index is 12.7. The van der Waals surface area contributed by atoms with Crippen LogP contribution in [0.2, 0.25) is 0 Å². The van der Waals surface area contributed by atoms with E-state index in [2.05, 4.69) is 10.0 Å². The van der Waals surface area contributed by atoms with E-state index in [1.165, 1.54) is 23.7 Å². The van der Waals surface area contributed by atoms with Crippen molar-refractivity contribution in [2.24, 2.45) is 0 Å². The van der Waals surface area contributed by atoms with Crippen LogP contribution in [-0.4, -0.2) is 51.5 Å². The molecule has 0 aliphatic heterocycles. The highest BCUT2D eigenvalue weighted by Crippen LogP contribution is 2.24. The van der Waals surface area contributed by atoms with E-state index < -0.39 is 10.0 Å². The van der Waals surface area contributed by atoms with Gasteiger partial charge in [-0.25, -0.2) is 13.1 Å². The Morgan fingerprint density at radius 3 is 2.29 bits per heavy atom. The number of amides is 2. The van der Waals surface area contributed by atoms with Gasteiger partial charge in [-0.15, -0.1) is 11.8 Å². The van der Waals surface area contributed by atoms with Crippen LogP contribution in [0.3, 0.4) is 0 Å². The third-order valence-corrected chi connectivity index (χ3v) is 7.25. The van der Waals surface area contributed by atoms with Crippen LogP contribution in [0.25, 0.3) is 0 Å². The first kappa shape index (κ1) is 24.9. The number of sulfonamides is 1. The summed E-state index contributed by atoms with van der Waals surface area (Å²) in [5.41, 5.74) is 3.01. The Morgan fingerprint density at radius 2 is 1.68 bits per heavy atom. The molecule has 0 fully saturated rings. The van der Waals surface area contributed by atoms with Crippen LogP contribution >= 0.6 is 11.8 Å². The molecular formula is C22H29N3O4S2. The minimum absolute atomic E-state index is 0.0464. The molecule has 0 saturated carbocycles. The summed E-state index contributed by atoms with van der Waals surface area (Å²) in [6, 6.07) is 11.0. The number of anilines is 1. The number of para-hydroxylation sites is 1. The van der Waals surface area contributed by atoms with Crippen LogP contribution in [0.15, 0.2) is 46.2 Å². The lowest BCUT2D eigenvalue weighted by Gasteiger charge is -2.18. The van der Waals surface area contributed by atoms with E-state index in [1.54, 1.807) is 19.9 Å². The van der Waals surface area contributed by atoms with Gasteiger partial charge >= 0.3 is 0 Å². The molecule has 2 N–H and O–H groups in total. The van der Waals surface area contributed by atoms with E-state index in [4.69, 9.17) is 0 Å². The van der Waals surface area contributed by atoms with Crippen molar-refractivity contribution in [2.45, 2.75) is 37.0 Å². The van der Waals surface area contributed by atoms with Crippen molar-refractivity contribution in [3.8, 4) is 0 Å². The Bertz CT molecular complexity index is 1050. The fraction of sp³-hybridized carbons (Fsp3) is 0.364. The van der Waals surface area contributed by atoms with Crippen LogP contribution in [0.4, 0.5) is 5.69 Å². The fourth-order valence-corrected chi connectivity index (χ4v) is 5.42. The Hall–Kier alpha value is -2.36. The second-order valence-corrected chi connectivity index (χ2v) is 9.93. The van der Waals surface area contributed by atoms with Crippen LogP contribution in [0.1, 0.15) is 23.1 Å². The number of carbonyl (C=O) groups excluding carboxylic acids is 2. The topological polar surface area (TPSA) is 95.6 Å². The maximum Gasteiger partial charge on any atom is 0.244 e. The van der Waals surface area contributed by atoms with Crippen molar-refractivity contribution < 1.29 is 18.0 Å². The third-order valence-electron chi connectivity index (χ3n) is 4.69. The largest absolute Gasteiger partial charge is 0.336 e. The summed E-state index contributed by atoms with van der Waals surface area (Å²) < 4.78 is 27.8. The smallest absolute Gasteiger partial charge is 0.244 e. The van der Waals surface area contributed by atoms with Crippen molar-refractivity contribution in [2.75, 3.05) is 31.7 Å². The third kappa shape index (κ3) is 6.81. The number of hydrogen-bond donors (Lipinski definition) is 2. The molecule has 168 valence electrons. The van der Waals surface area contributed by atoms with Gasteiger partial charge in [0.15, 0.2) is 0 Å². The first-order valence-corrected chi connectivity index (χ1v) is 12.5. The van der Waals surface area contributed by atoms with Gasteiger partial charge in [-0.2, -0.15) is 0 Å². The predicted molar refractivity (Wildman–Crippen MR) is 125 cm³/mol. The number of carbonyl (C=O) groups is 2. The van der Waals surface area contributed by atoms with Crippen LogP contribution in [-0.2, 0) is 19.6 Å². The van der Waals surface area contributed by atoms with Gasteiger partial charge in [-0.05, 0) is 50.3 Å². The quantitative estimate of drug-likeness (QED) is 0.557. The van der Waals surface area contributed by atoms with Gasteiger partial charge in [0.25, 0.3) is 0 Å². The maximum atomic E-state index is 12.7. The molecule has 0 unspecified atom stereocenters. The highest BCUT2D eigenvalue weighted by atomic mass is 32.2. The molecule has 0 saturated heterocycles. The first-order valence-electron chi connectivity index (χ1n) is 9.79. The Balaban J connectivity index is 1.90. The van der Waals surface area contributed by atoms with Gasteiger partial charge in [-0.3, -0.25) is 9.59 Å². The van der Waals surface area contributed by atoms with Crippen LogP contribution in [0.5, 0.6) is 0 Å². The number of nitrogens with one attached hydrogen (secondary N) is 2. The molecule has 7 nitrogen and oxygen atoms in total. The van der Waals surface area contributed by atoms with Gasteiger partial charge in [0.1, 0.15) is 0 Å². The molecule has 9 heteroatoms. The highest BCUT2D eigenvalue weighted by molar-refractivity contribution is 7.98. The Kier molecular flexibility index (Phi) is 8.67. The normalized spacial score (nSPS) is 11.3. The number of thioether (sulfide) groups is 1. The first-order chi connectivity index (χ1) is 14.5. The molecule has 2 rings (SSSR count). The summed E-state index contributed by atoms with van der Waals surface area (Å²) >= 11 is 1.52. The zero-order chi connectivity index (χ0) is 23.2. The lowest BCUT2D eigenvalue weighted by molar-refractivity contribution is -0.133. The van der Waals surface area contributed by atoms with E-state index in [0.29, 0.717) is 16.8 Å². The summed E-state index contributed by atoms with van der Waals surface area (Å²) in [5, 5.41) is 2.80. The van der Waals surface area contributed by atoms with Gasteiger partial charge in [0.2, 0.25) is 21.8 Å². The Morgan fingerprint density at radius 1 is 1.06 bits per heavy atom. The summed E-state index contributed by atoms with van der Waals surface area (Å²) in [7, 11) is -2.21. The predicted octanol–water partition coefficient (Wildman–Crippen LogP) is 3.10. The molecule has 0 radical (unpaired) electrons. The lowest BCUT2D eigenvalue weighted by atomic mass is 10.1. The number of aryl methyl sites for hydroxylation is 3. The summed E-state index contributed by atoms with van der Waals surface area (Å²) in [6.07, 6.45) is 1.87. The molecule has 0 aliphatic rings. The summed E-state index contributed by atoms with van der Waals surface area (Å²) in [4.78, 5) is 27.1. The lowest BCUT2D eigenvalue weighted by Crippen LogP contribution is -2.37. The van der Waals surface area contributed by atoms with E-state index in [0.717, 1.165) is 10.5 Å². The Labute approximate surface area is 188 Å². The van der Waals surface area contributed by atoms with Gasteiger partial charge < -0.3 is 10.2 Å². The SMILES string of the molecule is CSc1ccccc1NC(=O)CN(C)C(=O)CCNS(=O)(=O)c1c(C)cc(C)cc1C. The van der Waals surface area contributed by atoms with Gasteiger partial charge in [-0.1, -0.05) is 29.8 Å². The second-order valence-electron chi connectivity index (χ2n) is 7.37. The summed E-state index contributed by atoms with van der Waals surface area (Å²) in [6.45, 7) is 5.25. The van der Waals surface area contributed by atoms with E-state index in [1.807, 2.05) is 43.5 Å². The van der Waals surface area contributed by atoms with Crippen molar-refractivity contribution in [3.63, 3.8) is 0 Å². The van der Waals surface area contributed by atoms with E-state index in [-0.39, 0.29) is 36.2 Å². The zero-order valence-electron chi connectivity index (χ0n) is 18.5. The van der Waals surface area contributed by atoms with E-state index in [9.17, 15) is 18.0 Å². The standard InChI is InChI=1S/C22H29N3O4S2/c1-15-12-16(2)22(17(3)13-15)31(28,29)23-11-10-21(27)25(4)14-20(26)24-18-8-6-7-9-19(18)30-5/h6-9,12-13,23H,10-11,14H2,1-5H3,(H,24,26). The van der Waals surface area contributed by atoms with Gasteiger partial charge in [0, 0.05) is 24.9 Å². The average Bonchev–Trinajstić information content (AvgIpc) is 2.66. The molecular weight excluding hydrogens is 434 g/mol. The minimum atomic E-state index is -3.73. The molecule has 31 heavy (non-hydrogen) atoms. The highest BCUT2D eigenvalue weighted by Gasteiger charge is 2.21. The molecule has 0 aliphatic carbocycles. The van der Waals surface area contributed by atoms with Crippen molar-refractivity contribution >= 4 is 39.3 Å². The number of nitrogens with zero attached hydrogens (tertiary/aromatic N) is 1. The van der Waals surface area contributed by atoms with Crippen molar-refractivity contribution in [3.05, 3.63) is 53.1 Å². The average molecular weight is 464 g/mol. The van der Waals surface area contributed by atoms with E-state index >= 15 is 0 Å². The molecule has 0 atom stereocenters. The number of hydrogen-bond acceptors (Lipinski definition) is 5. The second kappa shape index (κ2) is 10.8. The molecule has 0 heterocycles. The number of benzene rings is 2. The zero-order valence-corrected chi connectivity index (χ0v) is 20.1. The molecule has 0 bridgehead atoms. The van der Waals surface area contributed by atoms with Crippen LogP contribution < -0.4 is 10.0 Å². The van der Waals surface area contributed by atoms with Crippen LogP contribution in [0, 0.1) is 20.8 Å². The minimum Gasteiger partial charge on any atom is -0.336 e. The molecule has 2 aromatic rings. The summed E-state index contributed by atoms with van der Waals surface area (Å²) in [5.74, 6) is -0.641. The number of rotatable bonds is 9. The molecule has 2 aromatic carbocycles. The van der Waals surface area contributed by atoms with Gasteiger partial charge in [0.05, 0.1) is 17.1 Å². The molecule has 2 amide bonds. The van der Waals surface area contributed by atoms with Crippen molar-refractivity contribution in [1.82, 2.24) is 9.62 Å². The molecule has 0 spiro atoms. The number of likely N-dealkylation sites (N-methyl/N-ethyl adjacent to an activating group) is 1. The van der Waals surface area contributed by atoms with Crippen molar-refractivity contribution in [1.29, 1.82) is 0 Å². The molecule has 0 aromatic heterocycles. The monoisotopic (exact) mass is 463 g/mol.